The highest BCUT2D eigenvalue weighted by molar-refractivity contribution is 5.24. The second-order valence-electron chi connectivity index (χ2n) is 2.35. The average Bonchev–Trinajstić information content (AvgIpc) is 2.16. The van der Waals surface area contributed by atoms with Gasteiger partial charge in [0.05, 0.1) is 5.69 Å². The number of halogens is 3. The number of hydrogen-bond donors (Lipinski definition) is 0. The van der Waals surface area contributed by atoms with Crippen LogP contribution in [0.4, 0.5) is 13.2 Å². The van der Waals surface area contributed by atoms with E-state index in [1.54, 1.807) is 0 Å². The van der Waals surface area contributed by atoms with Gasteiger partial charge in [0.15, 0.2) is 0 Å². The smallest absolute Gasteiger partial charge is 0.132 e. The Bertz CT molecular complexity index is 262. The fourth-order valence-electron chi connectivity index (χ4n) is 0.897. The number of pyridine rings is 1. The summed E-state index contributed by atoms with van der Waals surface area (Å²) in [5.41, 5.74) is 0.460. The molecule has 1 aromatic heterocycles. The number of hydrogen-bond acceptors (Lipinski definition) is 1. The zero-order valence-electron chi connectivity index (χ0n) is 6.36. The molecule has 0 aliphatic heterocycles. The molecule has 0 aromatic carbocycles. The standard InChI is InChI=1S/C8H8F3N/c9-2-6-1-7(3-10)8(4-11)12-5-6/h1,5H,2-4H2. The van der Waals surface area contributed by atoms with Crippen molar-refractivity contribution in [3.05, 3.63) is 29.1 Å². The van der Waals surface area contributed by atoms with Crippen LogP contribution in [0.5, 0.6) is 0 Å². The minimum Gasteiger partial charge on any atom is -0.258 e. The van der Waals surface area contributed by atoms with Gasteiger partial charge in [-0.15, -0.1) is 0 Å². The Morgan fingerprint density at radius 1 is 1.08 bits per heavy atom. The molecule has 0 fully saturated rings. The molecule has 66 valence electrons. The number of rotatable bonds is 3. The van der Waals surface area contributed by atoms with Crippen LogP contribution in [-0.2, 0) is 20.0 Å². The van der Waals surface area contributed by atoms with E-state index in [0.29, 0.717) is 0 Å². The lowest BCUT2D eigenvalue weighted by atomic mass is 10.1. The van der Waals surface area contributed by atoms with Crippen LogP contribution in [0.1, 0.15) is 16.8 Å². The van der Waals surface area contributed by atoms with Crippen molar-refractivity contribution >= 4 is 0 Å². The van der Waals surface area contributed by atoms with Gasteiger partial charge < -0.3 is 0 Å². The normalized spacial score (nSPS) is 10.2. The molecular weight excluding hydrogens is 167 g/mol. The maximum Gasteiger partial charge on any atom is 0.132 e. The lowest BCUT2D eigenvalue weighted by molar-refractivity contribution is 0.442. The predicted molar refractivity (Wildman–Crippen MR) is 38.7 cm³/mol. The third-order valence-corrected chi connectivity index (χ3v) is 1.54. The Kier molecular flexibility index (Phi) is 3.08. The molecule has 0 amide bonds. The van der Waals surface area contributed by atoms with Crippen LogP contribution in [0.2, 0.25) is 0 Å². The van der Waals surface area contributed by atoms with Crippen molar-refractivity contribution in [1.82, 2.24) is 4.98 Å². The zero-order valence-corrected chi connectivity index (χ0v) is 6.36. The molecule has 0 spiro atoms. The molecule has 1 rings (SSSR count). The maximum atomic E-state index is 12.2. The van der Waals surface area contributed by atoms with Crippen LogP contribution >= 0.6 is 0 Å². The van der Waals surface area contributed by atoms with Crippen molar-refractivity contribution in [2.75, 3.05) is 0 Å². The highest BCUT2D eigenvalue weighted by Crippen LogP contribution is 2.12. The first-order chi connectivity index (χ1) is 5.81. The number of aromatic nitrogens is 1. The molecule has 12 heavy (non-hydrogen) atoms. The number of nitrogens with zero attached hydrogens (tertiary/aromatic N) is 1. The summed E-state index contributed by atoms with van der Waals surface area (Å²) in [5, 5.41) is 0. The topological polar surface area (TPSA) is 12.9 Å². The largest absolute Gasteiger partial charge is 0.258 e. The third-order valence-electron chi connectivity index (χ3n) is 1.54. The minimum absolute atomic E-state index is 0.0506. The molecule has 1 aromatic rings. The highest BCUT2D eigenvalue weighted by Gasteiger charge is 2.04. The quantitative estimate of drug-likeness (QED) is 0.687. The fourth-order valence-corrected chi connectivity index (χ4v) is 0.897. The van der Waals surface area contributed by atoms with Gasteiger partial charge in [0.1, 0.15) is 20.0 Å². The first-order valence-corrected chi connectivity index (χ1v) is 3.46. The number of alkyl halides is 3. The van der Waals surface area contributed by atoms with E-state index in [4.69, 9.17) is 0 Å². The van der Waals surface area contributed by atoms with Gasteiger partial charge in [-0.05, 0) is 6.07 Å². The van der Waals surface area contributed by atoms with Gasteiger partial charge in [-0.25, -0.2) is 13.2 Å². The Morgan fingerprint density at radius 2 is 1.83 bits per heavy atom. The zero-order chi connectivity index (χ0) is 8.97. The molecule has 0 atom stereocenters. The van der Waals surface area contributed by atoms with Gasteiger partial charge >= 0.3 is 0 Å². The summed E-state index contributed by atoms with van der Waals surface area (Å²) in [7, 11) is 0. The fraction of sp³-hybridized carbons (Fsp3) is 0.375. The molecule has 4 heteroatoms. The van der Waals surface area contributed by atoms with Gasteiger partial charge in [0.2, 0.25) is 0 Å². The van der Waals surface area contributed by atoms with Crippen LogP contribution in [-0.4, -0.2) is 4.98 Å². The van der Waals surface area contributed by atoms with Gasteiger partial charge in [-0.3, -0.25) is 4.98 Å². The van der Waals surface area contributed by atoms with E-state index in [9.17, 15) is 13.2 Å². The molecule has 0 saturated carbocycles. The van der Waals surface area contributed by atoms with Gasteiger partial charge in [-0.1, -0.05) is 0 Å². The summed E-state index contributed by atoms with van der Waals surface area (Å²) in [6.07, 6.45) is 1.22. The summed E-state index contributed by atoms with van der Waals surface area (Å²) in [6.45, 7) is -2.32. The molecular formula is C8H8F3N. The maximum absolute atomic E-state index is 12.2. The van der Waals surface area contributed by atoms with Gasteiger partial charge in [0.25, 0.3) is 0 Å². The molecule has 0 saturated heterocycles. The first kappa shape index (κ1) is 9.03. The average molecular weight is 175 g/mol. The molecule has 0 N–H and O–H groups in total. The van der Waals surface area contributed by atoms with E-state index in [2.05, 4.69) is 4.98 Å². The lowest BCUT2D eigenvalue weighted by Crippen LogP contribution is -1.95. The van der Waals surface area contributed by atoms with Crippen LogP contribution in [0.15, 0.2) is 12.3 Å². The molecule has 0 aliphatic rings. The summed E-state index contributed by atoms with van der Waals surface area (Å²) in [4.78, 5) is 3.58. The Morgan fingerprint density at radius 3 is 2.33 bits per heavy atom. The molecule has 0 bridgehead atoms. The van der Waals surface area contributed by atoms with Crippen LogP contribution in [0.3, 0.4) is 0 Å². The van der Waals surface area contributed by atoms with E-state index in [-0.39, 0.29) is 16.8 Å². The molecule has 0 aliphatic carbocycles. The highest BCUT2D eigenvalue weighted by atomic mass is 19.1. The predicted octanol–water partition coefficient (Wildman–Crippen LogP) is 2.49. The van der Waals surface area contributed by atoms with Crippen molar-refractivity contribution in [1.29, 1.82) is 0 Å². The molecule has 0 radical (unpaired) electrons. The Balaban J connectivity index is 3.02. The van der Waals surface area contributed by atoms with Crippen molar-refractivity contribution in [2.24, 2.45) is 0 Å². The van der Waals surface area contributed by atoms with E-state index >= 15 is 0 Å². The Hall–Kier alpha value is -1.06. The minimum atomic E-state index is -0.814. The summed E-state index contributed by atoms with van der Waals surface area (Å²) < 4.78 is 36.3. The molecule has 1 heterocycles. The van der Waals surface area contributed by atoms with Crippen LogP contribution in [0, 0.1) is 0 Å². The SMILES string of the molecule is FCc1cnc(CF)c(CF)c1. The molecule has 1 nitrogen and oxygen atoms in total. The van der Waals surface area contributed by atoms with E-state index in [1.807, 2.05) is 0 Å². The molecule has 0 unspecified atom stereocenters. The van der Waals surface area contributed by atoms with Crippen molar-refractivity contribution in [3.63, 3.8) is 0 Å². The van der Waals surface area contributed by atoms with E-state index < -0.39 is 20.0 Å². The summed E-state index contributed by atoms with van der Waals surface area (Å²) in [6, 6.07) is 1.29. The van der Waals surface area contributed by atoms with Crippen molar-refractivity contribution < 1.29 is 13.2 Å². The van der Waals surface area contributed by atoms with Gasteiger partial charge in [-0.2, -0.15) is 0 Å². The second-order valence-corrected chi connectivity index (χ2v) is 2.35. The van der Waals surface area contributed by atoms with E-state index in [1.165, 1.54) is 12.3 Å². The Labute approximate surface area is 68.2 Å². The summed E-state index contributed by atoms with van der Waals surface area (Å²) >= 11 is 0. The van der Waals surface area contributed by atoms with Crippen LogP contribution < -0.4 is 0 Å². The van der Waals surface area contributed by atoms with Crippen molar-refractivity contribution in [3.8, 4) is 0 Å². The van der Waals surface area contributed by atoms with Crippen molar-refractivity contribution in [2.45, 2.75) is 20.0 Å². The second kappa shape index (κ2) is 4.09. The van der Waals surface area contributed by atoms with E-state index in [0.717, 1.165) is 0 Å². The van der Waals surface area contributed by atoms with Gasteiger partial charge in [0, 0.05) is 17.3 Å². The summed E-state index contributed by atoms with van der Waals surface area (Å²) in [5.74, 6) is 0. The lowest BCUT2D eigenvalue weighted by Gasteiger charge is -2.02. The van der Waals surface area contributed by atoms with Crippen LogP contribution in [0.25, 0.3) is 0 Å². The third kappa shape index (κ3) is 1.75. The monoisotopic (exact) mass is 175 g/mol. The first-order valence-electron chi connectivity index (χ1n) is 3.46.